The summed E-state index contributed by atoms with van der Waals surface area (Å²) in [4.78, 5) is 10.0. The first-order valence-electron chi connectivity index (χ1n) is 10.6. The van der Waals surface area contributed by atoms with Crippen molar-refractivity contribution in [1.29, 1.82) is 0 Å². The van der Waals surface area contributed by atoms with E-state index in [1.807, 2.05) is 12.1 Å². The molecule has 0 unspecified atom stereocenters. The van der Waals surface area contributed by atoms with E-state index in [1.165, 1.54) is 44.9 Å². The fourth-order valence-electron chi connectivity index (χ4n) is 3.11. The molecule has 0 heterocycles. The SMILES string of the molecule is CCCCCCC(=N\c1ccccc1)/C(CCCCC)=N/c1ccccc1.[Ni]. The van der Waals surface area contributed by atoms with Gasteiger partial charge in [0.25, 0.3) is 0 Å². The molecule has 28 heavy (non-hydrogen) atoms. The number of aliphatic imine (C=N–C) groups is 2. The van der Waals surface area contributed by atoms with E-state index in [0.717, 1.165) is 35.6 Å². The predicted molar refractivity (Wildman–Crippen MR) is 120 cm³/mol. The van der Waals surface area contributed by atoms with Crippen LogP contribution in [0.1, 0.15) is 71.6 Å². The van der Waals surface area contributed by atoms with Crippen LogP contribution in [0.2, 0.25) is 0 Å². The van der Waals surface area contributed by atoms with Crippen molar-refractivity contribution in [2.24, 2.45) is 9.98 Å². The van der Waals surface area contributed by atoms with Gasteiger partial charge in [-0.15, -0.1) is 0 Å². The Hall–Kier alpha value is -1.73. The van der Waals surface area contributed by atoms with E-state index in [4.69, 9.17) is 9.98 Å². The van der Waals surface area contributed by atoms with Crippen molar-refractivity contribution >= 4 is 22.8 Å². The van der Waals surface area contributed by atoms with Crippen LogP contribution in [0.15, 0.2) is 70.6 Å². The second-order valence-corrected chi connectivity index (χ2v) is 7.06. The Bertz CT molecular complexity index is 693. The van der Waals surface area contributed by atoms with Crippen molar-refractivity contribution in [2.45, 2.75) is 71.6 Å². The fourth-order valence-corrected chi connectivity index (χ4v) is 3.11. The summed E-state index contributed by atoms with van der Waals surface area (Å²) in [5.74, 6) is 0. The van der Waals surface area contributed by atoms with Gasteiger partial charge in [-0.2, -0.15) is 0 Å². The third kappa shape index (κ3) is 9.46. The zero-order valence-electron chi connectivity index (χ0n) is 17.3. The Morgan fingerprint density at radius 3 is 1.39 bits per heavy atom. The van der Waals surface area contributed by atoms with E-state index >= 15 is 0 Å². The topological polar surface area (TPSA) is 24.7 Å². The number of benzene rings is 2. The van der Waals surface area contributed by atoms with Crippen LogP contribution in [0.25, 0.3) is 0 Å². The van der Waals surface area contributed by atoms with Crippen LogP contribution < -0.4 is 0 Å². The van der Waals surface area contributed by atoms with E-state index in [2.05, 4.69) is 62.4 Å². The molecule has 0 amide bonds. The standard InChI is InChI=1S/C25H34N2.Ni/c1-3-5-7-15-21-25(27-23-18-13-9-14-19-23)24(20-10-6-4-2)26-22-16-11-8-12-17-22;/h8-9,11-14,16-19H,3-7,10,15,20-21H2,1-2H3;/b26-24+,27-25+;. The zero-order chi connectivity index (χ0) is 19.2. The summed E-state index contributed by atoms with van der Waals surface area (Å²) in [5, 5.41) is 0. The molecule has 0 aliphatic carbocycles. The summed E-state index contributed by atoms with van der Waals surface area (Å²) < 4.78 is 0. The van der Waals surface area contributed by atoms with Crippen molar-refractivity contribution in [1.82, 2.24) is 0 Å². The molecule has 0 radical (unpaired) electrons. The number of hydrogen-bond donors (Lipinski definition) is 0. The molecular formula is C25H34N2Ni. The molecule has 2 rings (SSSR count). The maximum Gasteiger partial charge on any atom is 0.0633 e. The van der Waals surface area contributed by atoms with Crippen molar-refractivity contribution in [3.05, 3.63) is 60.7 Å². The van der Waals surface area contributed by atoms with Crippen LogP contribution in [-0.4, -0.2) is 11.4 Å². The van der Waals surface area contributed by atoms with Crippen LogP contribution >= 0.6 is 0 Å². The summed E-state index contributed by atoms with van der Waals surface area (Å²) in [6.45, 7) is 4.50. The number of unbranched alkanes of at least 4 members (excludes halogenated alkanes) is 5. The van der Waals surface area contributed by atoms with Gasteiger partial charge in [0.1, 0.15) is 0 Å². The summed E-state index contributed by atoms with van der Waals surface area (Å²) in [6, 6.07) is 20.6. The van der Waals surface area contributed by atoms with Crippen molar-refractivity contribution in [3.63, 3.8) is 0 Å². The molecule has 0 saturated heterocycles. The Labute approximate surface area is 181 Å². The molecular weight excluding hydrogens is 387 g/mol. The molecule has 0 aliphatic heterocycles. The van der Waals surface area contributed by atoms with Gasteiger partial charge >= 0.3 is 0 Å². The van der Waals surface area contributed by atoms with Crippen LogP contribution in [0.3, 0.4) is 0 Å². The Morgan fingerprint density at radius 1 is 0.571 bits per heavy atom. The Kier molecular flexibility index (Phi) is 13.2. The molecule has 0 spiro atoms. The molecule has 0 atom stereocenters. The first-order chi connectivity index (χ1) is 13.3. The monoisotopic (exact) mass is 420 g/mol. The second kappa shape index (κ2) is 15.2. The Morgan fingerprint density at radius 2 is 0.964 bits per heavy atom. The van der Waals surface area contributed by atoms with Crippen molar-refractivity contribution in [3.8, 4) is 0 Å². The molecule has 2 aromatic carbocycles. The quantitative estimate of drug-likeness (QED) is 0.188. The first-order valence-corrected chi connectivity index (χ1v) is 10.6. The van der Waals surface area contributed by atoms with E-state index in [9.17, 15) is 0 Å². The van der Waals surface area contributed by atoms with Crippen LogP contribution in [0.4, 0.5) is 11.4 Å². The first kappa shape index (κ1) is 24.3. The summed E-state index contributed by atoms with van der Waals surface area (Å²) in [7, 11) is 0. The van der Waals surface area contributed by atoms with Crippen molar-refractivity contribution in [2.75, 3.05) is 0 Å². The second-order valence-electron chi connectivity index (χ2n) is 7.06. The van der Waals surface area contributed by atoms with Gasteiger partial charge in [-0.3, -0.25) is 9.98 Å². The van der Waals surface area contributed by atoms with Crippen LogP contribution in [0, 0.1) is 0 Å². The van der Waals surface area contributed by atoms with Gasteiger partial charge in [0.2, 0.25) is 0 Å². The van der Waals surface area contributed by atoms with Gasteiger partial charge in [0, 0.05) is 16.5 Å². The summed E-state index contributed by atoms with van der Waals surface area (Å²) in [6.07, 6.45) is 10.6. The number of hydrogen-bond acceptors (Lipinski definition) is 2. The number of nitrogens with zero attached hydrogens (tertiary/aromatic N) is 2. The van der Waals surface area contributed by atoms with Gasteiger partial charge in [-0.05, 0) is 49.9 Å². The predicted octanol–water partition coefficient (Wildman–Crippen LogP) is 8.08. The third-order valence-electron chi connectivity index (χ3n) is 4.66. The van der Waals surface area contributed by atoms with Gasteiger partial charge in [-0.1, -0.05) is 82.3 Å². The molecule has 0 N–H and O–H groups in total. The summed E-state index contributed by atoms with van der Waals surface area (Å²) in [5.41, 5.74) is 4.38. The molecule has 0 aliphatic rings. The molecule has 0 fully saturated rings. The van der Waals surface area contributed by atoms with Crippen LogP contribution in [0.5, 0.6) is 0 Å². The third-order valence-corrected chi connectivity index (χ3v) is 4.66. The largest absolute Gasteiger partial charge is 0.252 e. The maximum atomic E-state index is 5.02. The molecule has 2 nitrogen and oxygen atoms in total. The molecule has 0 saturated carbocycles. The molecule has 154 valence electrons. The minimum absolute atomic E-state index is 0. The number of para-hydroxylation sites is 2. The van der Waals surface area contributed by atoms with E-state index in [0.29, 0.717) is 0 Å². The van der Waals surface area contributed by atoms with Gasteiger partial charge < -0.3 is 0 Å². The van der Waals surface area contributed by atoms with Crippen molar-refractivity contribution < 1.29 is 16.5 Å². The van der Waals surface area contributed by atoms with E-state index < -0.39 is 0 Å². The minimum atomic E-state index is 0. The van der Waals surface area contributed by atoms with E-state index in [-0.39, 0.29) is 16.5 Å². The van der Waals surface area contributed by atoms with Gasteiger partial charge in [-0.25, -0.2) is 0 Å². The summed E-state index contributed by atoms with van der Waals surface area (Å²) >= 11 is 0. The normalized spacial score (nSPS) is 11.9. The van der Waals surface area contributed by atoms with Gasteiger partial charge in [0.05, 0.1) is 22.8 Å². The van der Waals surface area contributed by atoms with Gasteiger partial charge in [0.15, 0.2) is 0 Å². The Balaban J connectivity index is 0.00000392. The average molecular weight is 421 g/mol. The average Bonchev–Trinajstić information content (AvgIpc) is 2.71. The maximum absolute atomic E-state index is 5.02. The molecule has 0 aromatic heterocycles. The van der Waals surface area contributed by atoms with E-state index in [1.54, 1.807) is 0 Å². The minimum Gasteiger partial charge on any atom is -0.252 e. The molecule has 3 heteroatoms. The molecule has 0 bridgehead atoms. The smallest absolute Gasteiger partial charge is 0.0633 e. The fraction of sp³-hybridized carbons (Fsp3) is 0.440. The molecule has 2 aromatic rings. The van der Waals surface area contributed by atoms with Crippen LogP contribution in [-0.2, 0) is 16.5 Å². The number of rotatable bonds is 12. The zero-order valence-corrected chi connectivity index (χ0v) is 18.3.